The van der Waals surface area contributed by atoms with Gasteiger partial charge in [-0.1, -0.05) is 20.3 Å². The third-order valence-corrected chi connectivity index (χ3v) is 3.27. The minimum atomic E-state index is 0.253. The third kappa shape index (κ3) is 19.8. The monoisotopic (exact) mass is 350 g/mol. The lowest BCUT2D eigenvalue weighted by molar-refractivity contribution is -0.0222. The Morgan fingerprint density at radius 3 is 1.29 bits per heavy atom. The van der Waals surface area contributed by atoms with Crippen LogP contribution in [0.3, 0.4) is 0 Å². The molecule has 0 radical (unpaired) electrons. The summed E-state index contributed by atoms with van der Waals surface area (Å²) >= 11 is 0. The molecule has 0 spiro atoms. The molecule has 0 fully saturated rings. The Kier molecular flexibility index (Phi) is 18.9. The third-order valence-electron chi connectivity index (χ3n) is 3.27. The maximum Gasteiger partial charge on any atom is 0.0703 e. The second-order valence-corrected chi connectivity index (χ2v) is 5.96. The second kappa shape index (κ2) is 19.1. The fraction of sp³-hybridized carbons (Fsp3) is 1.00. The summed E-state index contributed by atoms with van der Waals surface area (Å²) in [6.07, 6.45) is 1.40. The van der Waals surface area contributed by atoms with Crippen molar-refractivity contribution in [1.82, 2.24) is 0 Å². The van der Waals surface area contributed by atoms with E-state index in [0.717, 1.165) is 13.0 Å². The Morgan fingerprint density at radius 2 is 0.917 bits per heavy atom. The maximum absolute atomic E-state index is 5.50. The first-order valence-electron chi connectivity index (χ1n) is 9.17. The normalized spacial score (nSPS) is 12.9. The van der Waals surface area contributed by atoms with E-state index < -0.39 is 0 Å². The van der Waals surface area contributed by atoms with E-state index in [4.69, 9.17) is 28.4 Å². The topological polar surface area (TPSA) is 55.4 Å². The molecular formula is C18H38O6. The maximum atomic E-state index is 5.50. The summed E-state index contributed by atoms with van der Waals surface area (Å²) in [6, 6.07) is 0. The quantitative estimate of drug-likeness (QED) is 0.334. The van der Waals surface area contributed by atoms with Gasteiger partial charge in [0.2, 0.25) is 0 Å². The van der Waals surface area contributed by atoms with Crippen LogP contribution in [-0.4, -0.2) is 78.8 Å². The number of hydrogen-bond acceptors (Lipinski definition) is 6. The van der Waals surface area contributed by atoms with Gasteiger partial charge < -0.3 is 28.4 Å². The second-order valence-electron chi connectivity index (χ2n) is 5.96. The zero-order chi connectivity index (χ0) is 17.9. The Morgan fingerprint density at radius 1 is 0.542 bits per heavy atom. The highest BCUT2D eigenvalue weighted by Crippen LogP contribution is 1.99. The Hall–Kier alpha value is -0.240. The Labute approximate surface area is 148 Å². The summed E-state index contributed by atoms with van der Waals surface area (Å²) in [7, 11) is 0. The van der Waals surface area contributed by atoms with Crippen LogP contribution in [0.25, 0.3) is 0 Å². The van der Waals surface area contributed by atoms with Crippen LogP contribution in [0.5, 0.6) is 0 Å². The largest absolute Gasteiger partial charge is 0.379 e. The van der Waals surface area contributed by atoms with E-state index in [-0.39, 0.29) is 6.10 Å². The van der Waals surface area contributed by atoms with Crippen LogP contribution >= 0.6 is 0 Å². The molecule has 24 heavy (non-hydrogen) atoms. The highest BCUT2D eigenvalue weighted by molar-refractivity contribution is 4.45. The van der Waals surface area contributed by atoms with Crippen LogP contribution in [0.1, 0.15) is 34.1 Å². The van der Waals surface area contributed by atoms with Gasteiger partial charge in [-0.2, -0.15) is 0 Å². The van der Waals surface area contributed by atoms with E-state index >= 15 is 0 Å². The van der Waals surface area contributed by atoms with Gasteiger partial charge in [0.05, 0.1) is 72.2 Å². The first-order valence-corrected chi connectivity index (χ1v) is 9.17. The van der Waals surface area contributed by atoms with E-state index in [2.05, 4.69) is 13.8 Å². The van der Waals surface area contributed by atoms with Crippen LogP contribution in [0.4, 0.5) is 0 Å². The molecule has 0 saturated heterocycles. The predicted molar refractivity (Wildman–Crippen MR) is 94.6 cm³/mol. The van der Waals surface area contributed by atoms with Crippen molar-refractivity contribution in [3.8, 4) is 0 Å². The van der Waals surface area contributed by atoms with Crippen molar-refractivity contribution >= 4 is 0 Å². The van der Waals surface area contributed by atoms with Crippen LogP contribution in [0.2, 0.25) is 0 Å². The van der Waals surface area contributed by atoms with E-state index in [9.17, 15) is 0 Å². The number of rotatable bonds is 19. The molecule has 146 valence electrons. The van der Waals surface area contributed by atoms with Crippen LogP contribution in [-0.2, 0) is 28.4 Å². The first kappa shape index (κ1) is 23.8. The molecule has 0 saturated carbocycles. The van der Waals surface area contributed by atoms with Gasteiger partial charge in [0.25, 0.3) is 0 Å². The van der Waals surface area contributed by atoms with Crippen molar-refractivity contribution in [3.63, 3.8) is 0 Å². The van der Waals surface area contributed by atoms with E-state index in [1.165, 1.54) is 0 Å². The van der Waals surface area contributed by atoms with Crippen LogP contribution < -0.4 is 0 Å². The average Bonchev–Trinajstić information content (AvgIpc) is 2.57. The minimum absolute atomic E-state index is 0.253. The Balaban J connectivity index is 3.00. The molecule has 0 bridgehead atoms. The lowest BCUT2D eigenvalue weighted by Crippen LogP contribution is -2.15. The lowest BCUT2D eigenvalue weighted by atomic mass is 10.1. The molecule has 0 aromatic heterocycles. The van der Waals surface area contributed by atoms with Gasteiger partial charge in [-0.3, -0.25) is 0 Å². The summed E-state index contributed by atoms with van der Waals surface area (Å²) < 4.78 is 32.5. The van der Waals surface area contributed by atoms with E-state index in [1.54, 1.807) is 0 Å². The van der Waals surface area contributed by atoms with Gasteiger partial charge in [0.15, 0.2) is 0 Å². The zero-order valence-electron chi connectivity index (χ0n) is 16.1. The van der Waals surface area contributed by atoms with Crippen molar-refractivity contribution in [1.29, 1.82) is 0 Å². The predicted octanol–water partition coefficient (Wildman–Crippen LogP) is 2.54. The molecule has 0 aromatic rings. The molecule has 0 heterocycles. The molecule has 0 rings (SSSR count). The molecule has 0 aromatic carbocycles. The highest BCUT2D eigenvalue weighted by Gasteiger charge is 1.98. The smallest absolute Gasteiger partial charge is 0.0703 e. The van der Waals surface area contributed by atoms with Gasteiger partial charge in [0, 0.05) is 6.61 Å². The van der Waals surface area contributed by atoms with Crippen molar-refractivity contribution in [2.24, 2.45) is 5.92 Å². The molecule has 1 atom stereocenters. The fourth-order valence-electron chi connectivity index (χ4n) is 1.62. The summed E-state index contributed by atoms with van der Waals surface area (Å²) in [4.78, 5) is 0. The fourth-order valence-corrected chi connectivity index (χ4v) is 1.62. The van der Waals surface area contributed by atoms with E-state index in [0.29, 0.717) is 72.0 Å². The van der Waals surface area contributed by atoms with Gasteiger partial charge in [-0.25, -0.2) is 0 Å². The molecule has 6 heteroatoms. The van der Waals surface area contributed by atoms with Gasteiger partial charge in [0.1, 0.15) is 0 Å². The van der Waals surface area contributed by atoms with E-state index in [1.807, 2.05) is 13.8 Å². The number of ether oxygens (including phenoxy) is 6. The first-order chi connectivity index (χ1) is 11.7. The molecule has 0 N–H and O–H groups in total. The molecule has 0 aliphatic heterocycles. The molecular weight excluding hydrogens is 312 g/mol. The summed E-state index contributed by atoms with van der Waals surface area (Å²) in [5.41, 5.74) is 0. The van der Waals surface area contributed by atoms with Gasteiger partial charge in [-0.15, -0.1) is 0 Å². The SMILES string of the molecule is CCC(C)COCCOCCOCCOCCOCCOC(C)C. The molecule has 0 aliphatic carbocycles. The summed E-state index contributed by atoms with van der Waals surface area (Å²) in [5, 5.41) is 0. The van der Waals surface area contributed by atoms with Crippen molar-refractivity contribution in [2.45, 2.75) is 40.2 Å². The van der Waals surface area contributed by atoms with Crippen molar-refractivity contribution in [2.75, 3.05) is 72.7 Å². The minimum Gasteiger partial charge on any atom is -0.379 e. The molecule has 1 unspecified atom stereocenters. The number of hydrogen-bond donors (Lipinski definition) is 0. The Bertz CT molecular complexity index is 238. The van der Waals surface area contributed by atoms with Crippen LogP contribution in [0, 0.1) is 5.92 Å². The van der Waals surface area contributed by atoms with Crippen molar-refractivity contribution < 1.29 is 28.4 Å². The van der Waals surface area contributed by atoms with Gasteiger partial charge in [-0.05, 0) is 19.8 Å². The molecule has 6 nitrogen and oxygen atoms in total. The zero-order valence-corrected chi connectivity index (χ0v) is 16.1. The van der Waals surface area contributed by atoms with Gasteiger partial charge >= 0.3 is 0 Å². The molecule has 0 amide bonds. The lowest BCUT2D eigenvalue weighted by Gasteiger charge is -2.10. The average molecular weight is 350 g/mol. The summed E-state index contributed by atoms with van der Waals surface area (Å²) in [6.45, 7) is 15.2. The standard InChI is InChI=1S/C18H38O6/c1-5-18(4)16-23-13-12-21-9-8-19-6-7-20-10-11-22-14-15-24-17(2)3/h17-18H,5-16H2,1-4H3. The molecule has 0 aliphatic rings. The summed E-state index contributed by atoms with van der Waals surface area (Å²) in [5.74, 6) is 0.618. The highest BCUT2D eigenvalue weighted by atomic mass is 16.6. The van der Waals surface area contributed by atoms with Crippen LogP contribution in [0.15, 0.2) is 0 Å². The van der Waals surface area contributed by atoms with Crippen molar-refractivity contribution in [3.05, 3.63) is 0 Å².